The molecule has 3 rings (SSSR count). The topological polar surface area (TPSA) is 69.7 Å². The molecule has 0 aliphatic carbocycles. The predicted octanol–water partition coefficient (Wildman–Crippen LogP) is 3.91. The van der Waals surface area contributed by atoms with Crippen molar-refractivity contribution in [3.05, 3.63) is 61.8 Å². The van der Waals surface area contributed by atoms with E-state index in [1.807, 2.05) is 12.1 Å². The van der Waals surface area contributed by atoms with Gasteiger partial charge in [-0.1, -0.05) is 39.1 Å². The molecule has 0 radical (unpaired) electrons. The van der Waals surface area contributed by atoms with Crippen molar-refractivity contribution in [2.75, 3.05) is 37.3 Å². The molecule has 1 N–H and O–H groups in total. The number of halogens is 4. The molecule has 2 aromatic carbocycles. The molecule has 30 heavy (non-hydrogen) atoms. The van der Waals surface area contributed by atoms with E-state index in [1.54, 1.807) is 10.8 Å². The lowest BCUT2D eigenvalue weighted by Gasteiger charge is -2.36. The number of piperazine rings is 1. The minimum Gasteiger partial charge on any atom is -0.369 e. The van der Waals surface area contributed by atoms with Gasteiger partial charge in [0.2, 0.25) is 10.0 Å². The number of benzene rings is 2. The minimum atomic E-state index is -3.78. The molecule has 1 fully saturated rings. The fraction of sp³-hybridized carbons (Fsp3) is 0.316. The van der Waals surface area contributed by atoms with Crippen molar-refractivity contribution in [1.82, 2.24) is 9.62 Å². The highest BCUT2D eigenvalue weighted by atomic mass is 79.9. The Morgan fingerprint density at radius 3 is 2.40 bits per heavy atom. The van der Waals surface area contributed by atoms with Crippen molar-refractivity contribution in [3.8, 4) is 0 Å². The Balaban J connectivity index is 1.65. The van der Waals surface area contributed by atoms with Gasteiger partial charge in [0.05, 0.1) is 21.9 Å². The Labute approximate surface area is 193 Å². The SMILES string of the molecule is CS(=O)(=O)NC(=O)c1cc(Br)c(CN2CCN(c3ccc(Cl)c(Cl)c3)CC2)cc1F. The third-order valence-corrected chi connectivity index (χ3v) is 6.73. The summed E-state index contributed by atoms with van der Waals surface area (Å²) >= 11 is 15.4. The molecule has 11 heteroatoms. The van der Waals surface area contributed by atoms with Gasteiger partial charge in [0.1, 0.15) is 5.82 Å². The molecular weight excluding hydrogens is 520 g/mol. The van der Waals surface area contributed by atoms with Gasteiger partial charge in [0.25, 0.3) is 5.91 Å². The lowest BCUT2D eigenvalue weighted by Crippen LogP contribution is -2.46. The molecule has 0 saturated carbocycles. The summed E-state index contributed by atoms with van der Waals surface area (Å²) in [6.45, 7) is 3.54. The van der Waals surface area contributed by atoms with E-state index < -0.39 is 21.7 Å². The van der Waals surface area contributed by atoms with E-state index in [2.05, 4.69) is 25.7 Å². The molecule has 2 aromatic rings. The minimum absolute atomic E-state index is 0.333. The highest BCUT2D eigenvalue weighted by Gasteiger charge is 2.21. The van der Waals surface area contributed by atoms with Crippen molar-refractivity contribution < 1.29 is 17.6 Å². The summed E-state index contributed by atoms with van der Waals surface area (Å²) in [5.74, 6) is -1.78. The highest BCUT2D eigenvalue weighted by Crippen LogP contribution is 2.28. The molecule has 0 aromatic heterocycles. The van der Waals surface area contributed by atoms with Gasteiger partial charge in [-0.25, -0.2) is 17.5 Å². The van der Waals surface area contributed by atoms with Crippen LogP contribution in [0.3, 0.4) is 0 Å². The Kier molecular flexibility index (Phi) is 7.29. The number of hydrogen-bond acceptors (Lipinski definition) is 5. The van der Waals surface area contributed by atoms with Gasteiger partial charge in [-0.05, 0) is 35.9 Å². The van der Waals surface area contributed by atoms with E-state index in [-0.39, 0.29) is 5.56 Å². The summed E-state index contributed by atoms with van der Waals surface area (Å²) in [5, 5.41) is 1.02. The molecular formula is C19H19BrCl2FN3O3S. The van der Waals surface area contributed by atoms with Crippen molar-refractivity contribution in [3.63, 3.8) is 0 Å². The number of sulfonamides is 1. The third kappa shape index (κ3) is 5.85. The van der Waals surface area contributed by atoms with Crippen molar-refractivity contribution >= 4 is 60.7 Å². The number of anilines is 1. The van der Waals surface area contributed by atoms with Gasteiger partial charge < -0.3 is 4.90 Å². The number of nitrogens with zero attached hydrogens (tertiary/aromatic N) is 2. The molecule has 1 aliphatic rings. The fourth-order valence-electron chi connectivity index (χ4n) is 3.19. The standard InChI is InChI=1S/C19H19BrCl2FN3O3S/c1-30(28,29)24-19(27)14-10-15(20)12(8-18(14)23)11-25-4-6-26(7-5-25)13-2-3-16(21)17(22)9-13/h2-3,8-10H,4-7,11H2,1H3,(H,24,27). The molecule has 162 valence electrons. The summed E-state index contributed by atoms with van der Waals surface area (Å²) < 4.78 is 39.2. The number of carbonyl (C=O) groups is 1. The lowest BCUT2D eigenvalue weighted by molar-refractivity contribution is 0.0977. The van der Waals surface area contributed by atoms with Crippen LogP contribution in [-0.2, 0) is 16.6 Å². The van der Waals surface area contributed by atoms with E-state index in [0.717, 1.165) is 38.1 Å². The maximum absolute atomic E-state index is 14.4. The van der Waals surface area contributed by atoms with Gasteiger partial charge in [-0.2, -0.15) is 0 Å². The molecule has 0 atom stereocenters. The first-order valence-corrected chi connectivity index (χ1v) is 12.4. The Morgan fingerprint density at radius 2 is 1.80 bits per heavy atom. The van der Waals surface area contributed by atoms with E-state index in [0.29, 0.717) is 26.6 Å². The molecule has 0 spiro atoms. The smallest absolute Gasteiger partial charge is 0.267 e. The number of nitrogens with one attached hydrogen (secondary N) is 1. The molecule has 0 unspecified atom stereocenters. The zero-order valence-corrected chi connectivity index (χ0v) is 19.9. The van der Waals surface area contributed by atoms with Crippen LogP contribution in [-0.4, -0.2) is 51.7 Å². The first kappa shape index (κ1) is 23.3. The van der Waals surface area contributed by atoms with Gasteiger partial charge in [0, 0.05) is 42.9 Å². The normalized spacial score (nSPS) is 15.3. The molecule has 6 nitrogen and oxygen atoms in total. The zero-order chi connectivity index (χ0) is 22.1. The van der Waals surface area contributed by atoms with Gasteiger partial charge in [-0.3, -0.25) is 9.69 Å². The van der Waals surface area contributed by atoms with Gasteiger partial charge in [-0.15, -0.1) is 0 Å². The molecule has 0 bridgehead atoms. The van der Waals surface area contributed by atoms with Crippen LogP contribution in [0.15, 0.2) is 34.8 Å². The Morgan fingerprint density at radius 1 is 1.13 bits per heavy atom. The van der Waals surface area contributed by atoms with E-state index >= 15 is 0 Å². The lowest BCUT2D eigenvalue weighted by atomic mass is 10.1. The van der Waals surface area contributed by atoms with Gasteiger partial charge >= 0.3 is 0 Å². The summed E-state index contributed by atoms with van der Waals surface area (Å²) in [6.07, 6.45) is 0.837. The van der Waals surface area contributed by atoms with Crippen LogP contribution in [0.2, 0.25) is 10.0 Å². The fourth-order valence-corrected chi connectivity index (χ4v) is 4.40. The van der Waals surface area contributed by atoms with Crippen molar-refractivity contribution in [1.29, 1.82) is 0 Å². The maximum Gasteiger partial charge on any atom is 0.267 e. The average molecular weight is 539 g/mol. The van der Waals surface area contributed by atoms with Crippen LogP contribution in [0.5, 0.6) is 0 Å². The molecule has 1 heterocycles. The summed E-state index contributed by atoms with van der Waals surface area (Å²) in [5.41, 5.74) is 1.34. The van der Waals surface area contributed by atoms with Crippen LogP contribution >= 0.6 is 39.1 Å². The monoisotopic (exact) mass is 537 g/mol. The second kappa shape index (κ2) is 9.40. The zero-order valence-electron chi connectivity index (χ0n) is 16.0. The van der Waals surface area contributed by atoms with E-state index in [4.69, 9.17) is 23.2 Å². The predicted molar refractivity (Wildman–Crippen MR) is 120 cm³/mol. The number of carbonyl (C=O) groups excluding carboxylic acids is 1. The van der Waals surface area contributed by atoms with Crippen LogP contribution in [0.25, 0.3) is 0 Å². The number of amides is 1. The van der Waals surface area contributed by atoms with E-state index in [1.165, 1.54) is 12.1 Å². The largest absolute Gasteiger partial charge is 0.369 e. The van der Waals surface area contributed by atoms with Crippen LogP contribution < -0.4 is 9.62 Å². The number of rotatable bonds is 5. The Bertz CT molecular complexity index is 1080. The third-order valence-electron chi connectivity index (χ3n) is 4.69. The quantitative estimate of drug-likeness (QED) is 0.625. The van der Waals surface area contributed by atoms with Crippen molar-refractivity contribution in [2.24, 2.45) is 0 Å². The molecule has 1 aliphatic heterocycles. The van der Waals surface area contributed by atoms with Crippen molar-refractivity contribution in [2.45, 2.75) is 6.54 Å². The van der Waals surface area contributed by atoms with Crippen LogP contribution in [0.1, 0.15) is 15.9 Å². The van der Waals surface area contributed by atoms with Crippen LogP contribution in [0.4, 0.5) is 10.1 Å². The van der Waals surface area contributed by atoms with Crippen LogP contribution in [0, 0.1) is 5.82 Å². The Hall–Kier alpha value is -1.39. The highest BCUT2D eigenvalue weighted by molar-refractivity contribution is 9.10. The summed E-state index contributed by atoms with van der Waals surface area (Å²) in [7, 11) is -3.78. The average Bonchev–Trinajstić information content (AvgIpc) is 2.66. The summed E-state index contributed by atoms with van der Waals surface area (Å²) in [4.78, 5) is 16.3. The first-order valence-electron chi connectivity index (χ1n) is 8.96. The molecule has 1 saturated heterocycles. The second-order valence-electron chi connectivity index (χ2n) is 6.99. The maximum atomic E-state index is 14.4. The first-order chi connectivity index (χ1) is 14.0. The number of hydrogen-bond donors (Lipinski definition) is 1. The van der Waals surface area contributed by atoms with E-state index in [9.17, 15) is 17.6 Å². The molecule has 1 amide bonds. The second-order valence-corrected chi connectivity index (χ2v) is 10.4. The van der Waals surface area contributed by atoms with Gasteiger partial charge in [0.15, 0.2) is 0 Å². The summed E-state index contributed by atoms with van der Waals surface area (Å²) in [6, 6.07) is 8.10.